The summed E-state index contributed by atoms with van der Waals surface area (Å²) in [5, 5.41) is 4.68. The second kappa shape index (κ2) is 7.23. The third-order valence-corrected chi connectivity index (χ3v) is 4.41. The molecule has 3 aromatic heterocycles. The van der Waals surface area contributed by atoms with E-state index in [4.69, 9.17) is 4.74 Å². The van der Waals surface area contributed by atoms with E-state index >= 15 is 0 Å². The van der Waals surface area contributed by atoms with Crippen LogP contribution >= 0.6 is 0 Å². The summed E-state index contributed by atoms with van der Waals surface area (Å²) >= 11 is 0. The number of fused-ring (bicyclic) bond motifs is 1. The Morgan fingerprint density at radius 3 is 2.61 bits per heavy atom. The summed E-state index contributed by atoms with van der Waals surface area (Å²) in [6.07, 6.45) is 1.77. The molecule has 0 saturated heterocycles. The van der Waals surface area contributed by atoms with Gasteiger partial charge in [0, 0.05) is 17.5 Å². The number of aryl methyl sites for hydroxylation is 1. The number of nitrogens with zero attached hydrogens (tertiary/aromatic N) is 3. The first kappa shape index (κ1) is 17.9. The number of aromatic nitrogens is 3. The van der Waals surface area contributed by atoms with E-state index < -0.39 is 5.97 Å². The van der Waals surface area contributed by atoms with Gasteiger partial charge in [0.25, 0.3) is 0 Å². The fraction of sp³-hybridized carbons (Fsp3) is 0.136. The first-order chi connectivity index (χ1) is 13.6. The number of benzene rings is 1. The van der Waals surface area contributed by atoms with Crippen LogP contribution in [0, 0.1) is 12.7 Å². The van der Waals surface area contributed by atoms with E-state index in [2.05, 4.69) is 10.1 Å². The van der Waals surface area contributed by atoms with Crippen molar-refractivity contribution in [2.75, 3.05) is 6.61 Å². The van der Waals surface area contributed by atoms with Gasteiger partial charge in [-0.1, -0.05) is 18.2 Å². The van der Waals surface area contributed by atoms with Gasteiger partial charge in [-0.2, -0.15) is 5.10 Å². The van der Waals surface area contributed by atoms with E-state index in [0.29, 0.717) is 28.0 Å². The largest absolute Gasteiger partial charge is 0.462 e. The summed E-state index contributed by atoms with van der Waals surface area (Å²) in [7, 11) is 0. The molecule has 0 spiro atoms. The van der Waals surface area contributed by atoms with Gasteiger partial charge < -0.3 is 4.74 Å². The third kappa shape index (κ3) is 3.13. The number of hydrogen-bond donors (Lipinski definition) is 0. The van der Waals surface area contributed by atoms with Gasteiger partial charge in [-0.25, -0.2) is 13.7 Å². The summed E-state index contributed by atoms with van der Waals surface area (Å²) < 4.78 is 20.4. The van der Waals surface area contributed by atoms with Gasteiger partial charge in [-0.15, -0.1) is 0 Å². The van der Waals surface area contributed by atoms with Gasteiger partial charge in [0.2, 0.25) is 0 Å². The van der Waals surface area contributed by atoms with Crippen molar-refractivity contribution in [1.82, 2.24) is 14.6 Å². The average molecular weight is 375 g/mol. The molecule has 0 fully saturated rings. The highest BCUT2D eigenvalue weighted by Gasteiger charge is 2.23. The quantitative estimate of drug-likeness (QED) is 0.486. The lowest BCUT2D eigenvalue weighted by molar-refractivity contribution is 0.0528. The topological polar surface area (TPSA) is 56.5 Å². The second-order valence-corrected chi connectivity index (χ2v) is 6.33. The molecule has 0 atom stereocenters. The predicted molar refractivity (Wildman–Crippen MR) is 105 cm³/mol. The molecule has 1 aromatic carbocycles. The van der Waals surface area contributed by atoms with Crippen LogP contribution in [0.5, 0.6) is 0 Å². The SMILES string of the molecule is CCOC(=O)c1cccn2nc(-c3cccc(C)n3)c(-c3ccc(F)cc3)c12. The monoisotopic (exact) mass is 375 g/mol. The van der Waals surface area contributed by atoms with Crippen molar-refractivity contribution in [3.63, 3.8) is 0 Å². The molecule has 140 valence electrons. The molecule has 6 heteroatoms. The van der Waals surface area contributed by atoms with Crippen LogP contribution in [0.15, 0.2) is 60.8 Å². The van der Waals surface area contributed by atoms with E-state index in [1.54, 1.807) is 41.9 Å². The minimum absolute atomic E-state index is 0.270. The summed E-state index contributed by atoms with van der Waals surface area (Å²) in [5.74, 6) is -0.763. The van der Waals surface area contributed by atoms with Crippen molar-refractivity contribution in [2.45, 2.75) is 13.8 Å². The molecule has 3 heterocycles. The lowest BCUT2D eigenvalue weighted by atomic mass is 10.00. The van der Waals surface area contributed by atoms with Gasteiger partial charge in [-0.3, -0.25) is 4.98 Å². The van der Waals surface area contributed by atoms with Crippen molar-refractivity contribution >= 4 is 11.5 Å². The number of pyridine rings is 2. The zero-order valence-electron chi connectivity index (χ0n) is 15.5. The molecule has 5 nitrogen and oxygen atoms in total. The summed E-state index contributed by atoms with van der Waals surface area (Å²) in [6, 6.07) is 15.2. The van der Waals surface area contributed by atoms with Crippen molar-refractivity contribution < 1.29 is 13.9 Å². The fourth-order valence-electron chi connectivity index (χ4n) is 3.22. The number of ether oxygens (including phenoxy) is 1. The average Bonchev–Trinajstić information content (AvgIpc) is 3.08. The van der Waals surface area contributed by atoms with E-state index in [1.165, 1.54) is 12.1 Å². The molecule has 0 bridgehead atoms. The molecule has 0 aliphatic heterocycles. The number of carbonyl (C=O) groups is 1. The Balaban J connectivity index is 2.07. The Hall–Kier alpha value is -3.54. The molecule has 4 aromatic rings. The van der Waals surface area contributed by atoms with Crippen LogP contribution in [0.4, 0.5) is 4.39 Å². The predicted octanol–water partition coefficient (Wildman–Crippen LogP) is 4.69. The van der Waals surface area contributed by atoms with Crippen molar-refractivity contribution in [1.29, 1.82) is 0 Å². The second-order valence-electron chi connectivity index (χ2n) is 6.33. The third-order valence-electron chi connectivity index (χ3n) is 4.41. The zero-order valence-corrected chi connectivity index (χ0v) is 15.5. The molecule has 0 aliphatic rings. The van der Waals surface area contributed by atoms with E-state index in [9.17, 15) is 9.18 Å². The maximum Gasteiger partial charge on any atom is 0.340 e. The Labute approximate surface area is 161 Å². The number of hydrogen-bond acceptors (Lipinski definition) is 4. The molecule has 0 unspecified atom stereocenters. The highest BCUT2D eigenvalue weighted by Crippen LogP contribution is 2.36. The number of carbonyl (C=O) groups excluding carboxylic acids is 1. The molecule has 0 aliphatic carbocycles. The normalized spacial score (nSPS) is 11.0. The zero-order chi connectivity index (χ0) is 19.7. The minimum atomic E-state index is -0.430. The van der Waals surface area contributed by atoms with Gasteiger partial charge in [0.05, 0.1) is 23.4 Å². The summed E-state index contributed by atoms with van der Waals surface area (Å²) in [6.45, 7) is 3.94. The van der Waals surface area contributed by atoms with Gasteiger partial charge in [0.15, 0.2) is 0 Å². The fourth-order valence-corrected chi connectivity index (χ4v) is 3.22. The Kier molecular flexibility index (Phi) is 4.61. The Bertz CT molecular complexity index is 1170. The highest BCUT2D eigenvalue weighted by atomic mass is 19.1. The minimum Gasteiger partial charge on any atom is -0.462 e. The lowest BCUT2D eigenvalue weighted by Crippen LogP contribution is -2.07. The molecule has 28 heavy (non-hydrogen) atoms. The molecular formula is C22H18FN3O2. The summed E-state index contributed by atoms with van der Waals surface area (Å²) in [5.41, 5.74) is 4.60. The van der Waals surface area contributed by atoms with Crippen LogP contribution in [0.2, 0.25) is 0 Å². The Morgan fingerprint density at radius 1 is 1.11 bits per heavy atom. The number of halogens is 1. The maximum atomic E-state index is 13.5. The van der Waals surface area contributed by atoms with Crippen LogP contribution in [0.1, 0.15) is 23.0 Å². The molecule has 0 radical (unpaired) electrons. The van der Waals surface area contributed by atoms with Gasteiger partial charge in [0.1, 0.15) is 11.5 Å². The molecular weight excluding hydrogens is 357 g/mol. The van der Waals surface area contributed by atoms with Crippen molar-refractivity contribution in [3.05, 3.63) is 77.9 Å². The van der Waals surface area contributed by atoms with Crippen LogP contribution in [0.3, 0.4) is 0 Å². The van der Waals surface area contributed by atoms with Crippen LogP contribution in [0.25, 0.3) is 28.0 Å². The highest BCUT2D eigenvalue weighted by molar-refractivity contribution is 6.04. The molecule has 0 N–H and O–H groups in total. The molecule has 0 amide bonds. The standard InChI is InChI=1S/C22H18FN3O2/c1-3-28-22(27)17-7-5-13-26-21(17)19(15-9-11-16(23)12-10-15)20(25-26)18-8-4-6-14(2)24-18/h4-13H,3H2,1-2H3. The molecule has 4 rings (SSSR count). The van der Waals surface area contributed by atoms with Crippen molar-refractivity contribution in [2.24, 2.45) is 0 Å². The van der Waals surface area contributed by atoms with Crippen LogP contribution in [-0.2, 0) is 4.74 Å². The smallest absolute Gasteiger partial charge is 0.340 e. The first-order valence-corrected chi connectivity index (χ1v) is 8.97. The number of rotatable bonds is 4. The van der Waals surface area contributed by atoms with E-state index in [0.717, 1.165) is 11.3 Å². The van der Waals surface area contributed by atoms with Crippen LogP contribution in [-0.4, -0.2) is 27.2 Å². The van der Waals surface area contributed by atoms with Gasteiger partial charge in [-0.05, 0) is 55.8 Å². The first-order valence-electron chi connectivity index (χ1n) is 8.97. The molecule has 0 saturated carbocycles. The summed E-state index contributed by atoms with van der Waals surface area (Å²) in [4.78, 5) is 17.1. The van der Waals surface area contributed by atoms with Crippen LogP contribution < -0.4 is 0 Å². The van der Waals surface area contributed by atoms with E-state index in [-0.39, 0.29) is 12.4 Å². The van der Waals surface area contributed by atoms with E-state index in [1.807, 2.05) is 25.1 Å². The maximum absolute atomic E-state index is 13.5. The number of esters is 1. The Morgan fingerprint density at radius 2 is 1.89 bits per heavy atom. The lowest BCUT2D eigenvalue weighted by Gasteiger charge is -2.07. The van der Waals surface area contributed by atoms with Gasteiger partial charge >= 0.3 is 5.97 Å². The van der Waals surface area contributed by atoms with Crippen molar-refractivity contribution in [3.8, 4) is 22.5 Å².